The zero-order valence-corrected chi connectivity index (χ0v) is 31.0. The summed E-state index contributed by atoms with van der Waals surface area (Å²) < 4.78 is 11.8. The predicted octanol–water partition coefficient (Wildman–Crippen LogP) is 13.8. The van der Waals surface area contributed by atoms with Crippen molar-refractivity contribution < 1.29 is 9.47 Å². The molecule has 0 amide bonds. The Labute approximate surface area is 286 Å². The van der Waals surface area contributed by atoms with E-state index in [2.05, 4.69) is 11.8 Å². The van der Waals surface area contributed by atoms with Crippen molar-refractivity contribution in [1.82, 2.24) is 0 Å². The van der Waals surface area contributed by atoms with Crippen LogP contribution in [0.5, 0.6) is 0 Å². The lowest BCUT2D eigenvalue weighted by atomic mass is 10.0. The van der Waals surface area contributed by atoms with E-state index in [4.69, 9.17) is 9.47 Å². The van der Waals surface area contributed by atoms with E-state index in [1.165, 1.54) is 205 Å². The minimum atomic E-state index is 0.594. The summed E-state index contributed by atoms with van der Waals surface area (Å²) in [6.45, 7) is 2.04. The molecule has 4 rings (SSSR count). The largest absolute Gasteiger partial charge is 0.378 e. The lowest BCUT2D eigenvalue weighted by molar-refractivity contribution is 0.00964. The van der Waals surface area contributed by atoms with Crippen LogP contribution in [0.4, 0.5) is 0 Å². The number of unbranched alkanes of at least 4 members (excludes halogenated alkanes) is 16. The fraction of sp³-hybridized carbons (Fsp3) is 1.00. The van der Waals surface area contributed by atoms with Crippen LogP contribution in [0.2, 0.25) is 0 Å². The lowest BCUT2D eigenvalue weighted by Gasteiger charge is -2.24. The van der Waals surface area contributed by atoms with Crippen molar-refractivity contribution in [3.63, 3.8) is 0 Å². The van der Waals surface area contributed by atoms with Crippen LogP contribution in [0.15, 0.2) is 0 Å². The molecule has 2 nitrogen and oxygen atoms in total. The smallest absolute Gasteiger partial charge is 0.0575 e. The molecule has 264 valence electrons. The van der Waals surface area contributed by atoms with E-state index in [9.17, 15) is 0 Å². The van der Waals surface area contributed by atoms with Gasteiger partial charge < -0.3 is 9.47 Å². The molecular formula is C42H78O2S. The van der Waals surface area contributed by atoms with Gasteiger partial charge in [0.05, 0.1) is 12.2 Å². The molecule has 0 spiro atoms. The molecule has 2 saturated carbocycles. The Kier molecular flexibility index (Phi) is 21.4. The molecule has 0 aromatic rings. The molecule has 2 aliphatic carbocycles. The lowest BCUT2D eigenvalue weighted by Crippen LogP contribution is -2.18. The molecule has 0 aromatic carbocycles. The second-order valence-corrected chi connectivity index (χ2v) is 17.8. The SMILES string of the molecule is C(CCCCCC1CCCCO1)CCCCCC(CC1CC1)SC(CCCCCCCCCCCC1CCCCO1)CC1CC1. The molecule has 0 bridgehead atoms. The van der Waals surface area contributed by atoms with Gasteiger partial charge in [0.1, 0.15) is 0 Å². The number of rotatable bonds is 30. The van der Waals surface area contributed by atoms with Crippen LogP contribution in [0.3, 0.4) is 0 Å². The molecule has 2 aliphatic heterocycles. The summed E-state index contributed by atoms with van der Waals surface area (Å²) in [6, 6.07) is 0. The highest BCUT2D eigenvalue weighted by Gasteiger charge is 2.30. The monoisotopic (exact) mass is 647 g/mol. The van der Waals surface area contributed by atoms with Gasteiger partial charge in [0, 0.05) is 23.7 Å². The third-order valence-corrected chi connectivity index (χ3v) is 13.2. The molecular weight excluding hydrogens is 569 g/mol. The van der Waals surface area contributed by atoms with E-state index < -0.39 is 0 Å². The summed E-state index contributed by atoms with van der Waals surface area (Å²) in [5.74, 6) is 2.18. The zero-order chi connectivity index (χ0) is 31.0. The fourth-order valence-electron chi connectivity index (χ4n) is 8.24. The summed E-state index contributed by atoms with van der Waals surface area (Å²) in [4.78, 5) is 0. The summed E-state index contributed by atoms with van der Waals surface area (Å²) in [6.07, 6.45) is 50.4. The Bertz CT molecular complexity index is 608. The first-order valence-electron chi connectivity index (χ1n) is 21.2. The van der Waals surface area contributed by atoms with Gasteiger partial charge in [-0.3, -0.25) is 0 Å². The normalized spacial score (nSPS) is 23.7. The standard InChI is InChI=1S/C42H78O2S/c1(3-7-11-15-23-39-25-19-21-33-43-39)5-9-13-17-27-41(35-37-29-30-37)45-42(36-38-31-32-38)28-18-14-10-6-2-4-8-12-16-24-40-26-20-22-34-44-40/h37-42H,1-36H2. The quantitative estimate of drug-likeness (QED) is 0.0723. The van der Waals surface area contributed by atoms with Crippen LogP contribution >= 0.6 is 11.8 Å². The molecule has 0 radical (unpaired) electrons. The molecule has 4 unspecified atom stereocenters. The second-order valence-electron chi connectivity index (χ2n) is 16.2. The Hall–Kier alpha value is 0.270. The summed E-state index contributed by atoms with van der Waals surface area (Å²) in [5.41, 5.74) is 0. The third kappa shape index (κ3) is 20.4. The summed E-state index contributed by atoms with van der Waals surface area (Å²) in [7, 11) is 0. The van der Waals surface area contributed by atoms with Gasteiger partial charge in [-0.05, 0) is 88.9 Å². The van der Waals surface area contributed by atoms with Crippen molar-refractivity contribution in [2.24, 2.45) is 11.8 Å². The van der Waals surface area contributed by atoms with Gasteiger partial charge in [-0.15, -0.1) is 0 Å². The van der Waals surface area contributed by atoms with E-state index in [-0.39, 0.29) is 0 Å². The van der Waals surface area contributed by atoms with Gasteiger partial charge in [0.15, 0.2) is 0 Å². The minimum absolute atomic E-state index is 0.594. The average Bonchev–Trinajstić information content (AvgIpc) is 4.01. The molecule has 2 heterocycles. The highest BCUT2D eigenvalue weighted by molar-refractivity contribution is 8.00. The fourth-order valence-corrected chi connectivity index (χ4v) is 10.2. The highest BCUT2D eigenvalue weighted by Crippen LogP contribution is 2.44. The molecule has 3 heteroatoms. The van der Waals surface area contributed by atoms with Crippen LogP contribution < -0.4 is 0 Å². The zero-order valence-electron chi connectivity index (χ0n) is 30.1. The van der Waals surface area contributed by atoms with Crippen LogP contribution in [-0.4, -0.2) is 35.9 Å². The van der Waals surface area contributed by atoms with Crippen molar-refractivity contribution in [3.05, 3.63) is 0 Å². The third-order valence-electron chi connectivity index (χ3n) is 11.6. The van der Waals surface area contributed by atoms with Crippen molar-refractivity contribution in [2.45, 2.75) is 241 Å². The van der Waals surface area contributed by atoms with Crippen molar-refractivity contribution in [2.75, 3.05) is 13.2 Å². The van der Waals surface area contributed by atoms with Gasteiger partial charge in [-0.1, -0.05) is 141 Å². The van der Waals surface area contributed by atoms with Gasteiger partial charge in [-0.25, -0.2) is 0 Å². The number of hydrogen-bond acceptors (Lipinski definition) is 3. The Balaban J connectivity index is 0.955. The van der Waals surface area contributed by atoms with Gasteiger partial charge in [0.25, 0.3) is 0 Å². The first-order valence-corrected chi connectivity index (χ1v) is 22.2. The first kappa shape index (κ1) is 38.1. The molecule has 4 fully saturated rings. The van der Waals surface area contributed by atoms with Gasteiger partial charge >= 0.3 is 0 Å². The minimum Gasteiger partial charge on any atom is -0.378 e. The summed E-state index contributed by atoms with van der Waals surface area (Å²) in [5, 5.41) is 1.94. The van der Waals surface area contributed by atoms with Crippen molar-refractivity contribution in [1.29, 1.82) is 0 Å². The van der Waals surface area contributed by atoms with E-state index in [0.717, 1.165) is 35.5 Å². The molecule has 4 aliphatic rings. The predicted molar refractivity (Wildman–Crippen MR) is 199 cm³/mol. The van der Waals surface area contributed by atoms with Crippen LogP contribution in [0, 0.1) is 11.8 Å². The van der Waals surface area contributed by atoms with E-state index in [1.807, 2.05) is 0 Å². The number of hydrogen-bond donors (Lipinski definition) is 0. The Morgan fingerprint density at radius 3 is 1.09 bits per heavy atom. The van der Waals surface area contributed by atoms with E-state index in [0.29, 0.717) is 12.2 Å². The van der Waals surface area contributed by atoms with Gasteiger partial charge in [0.2, 0.25) is 0 Å². The molecule has 0 aromatic heterocycles. The van der Waals surface area contributed by atoms with E-state index >= 15 is 0 Å². The maximum atomic E-state index is 5.90. The molecule has 4 atom stereocenters. The Morgan fingerprint density at radius 2 is 0.756 bits per heavy atom. The second kappa shape index (κ2) is 25.3. The molecule has 0 N–H and O–H groups in total. The summed E-state index contributed by atoms with van der Waals surface area (Å²) >= 11 is 2.49. The topological polar surface area (TPSA) is 18.5 Å². The van der Waals surface area contributed by atoms with Crippen molar-refractivity contribution >= 4 is 11.8 Å². The van der Waals surface area contributed by atoms with E-state index in [1.54, 1.807) is 12.8 Å². The van der Waals surface area contributed by atoms with Crippen molar-refractivity contribution in [3.8, 4) is 0 Å². The number of ether oxygens (including phenoxy) is 2. The first-order chi connectivity index (χ1) is 22.3. The van der Waals surface area contributed by atoms with Gasteiger partial charge in [-0.2, -0.15) is 11.8 Å². The highest BCUT2D eigenvalue weighted by atomic mass is 32.2. The maximum Gasteiger partial charge on any atom is 0.0575 e. The maximum absolute atomic E-state index is 5.90. The number of thioether (sulfide) groups is 1. The molecule has 45 heavy (non-hydrogen) atoms. The average molecular weight is 647 g/mol. The Morgan fingerprint density at radius 1 is 0.400 bits per heavy atom. The van der Waals surface area contributed by atoms with Crippen LogP contribution in [0.25, 0.3) is 0 Å². The van der Waals surface area contributed by atoms with Crippen LogP contribution in [-0.2, 0) is 9.47 Å². The van der Waals surface area contributed by atoms with Crippen LogP contribution in [0.1, 0.15) is 218 Å². The molecule has 2 saturated heterocycles.